The van der Waals surface area contributed by atoms with E-state index in [1.807, 2.05) is 32.2 Å². The van der Waals surface area contributed by atoms with Crippen LogP contribution >= 0.6 is 15.9 Å². The van der Waals surface area contributed by atoms with Crippen LogP contribution in [0.4, 0.5) is 5.82 Å². The Morgan fingerprint density at radius 3 is 2.65 bits per heavy atom. The zero-order chi connectivity index (χ0) is 12.6. The SMILES string of the molecule is COc1ccc(C)c(-c2cc(N)n(C)n2)c1Br. The fourth-order valence-electron chi connectivity index (χ4n) is 1.73. The molecule has 0 amide bonds. The van der Waals surface area contributed by atoms with Crippen molar-refractivity contribution in [2.75, 3.05) is 12.8 Å². The fraction of sp³-hybridized carbons (Fsp3) is 0.250. The van der Waals surface area contributed by atoms with E-state index in [0.29, 0.717) is 5.82 Å². The Bertz CT molecular complexity index is 544. The molecule has 0 aliphatic heterocycles. The van der Waals surface area contributed by atoms with E-state index in [2.05, 4.69) is 21.0 Å². The van der Waals surface area contributed by atoms with E-state index in [9.17, 15) is 0 Å². The lowest BCUT2D eigenvalue weighted by molar-refractivity contribution is 0.412. The average molecular weight is 296 g/mol. The first-order chi connectivity index (χ1) is 8.04. The van der Waals surface area contributed by atoms with Crippen LogP contribution in [0.25, 0.3) is 11.3 Å². The third kappa shape index (κ3) is 2.02. The normalized spacial score (nSPS) is 10.6. The molecule has 0 saturated carbocycles. The van der Waals surface area contributed by atoms with Crippen molar-refractivity contribution in [3.05, 3.63) is 28.2 Å². The summed E-state index contributed by atoms with van der Waals surface area (Å²) in [7, 11) is 3.47. The van der Waals surface area contributed by atoms with Crippen LogP contribution in [0.15, 0.2) is 22.7 Å². The van der Waals surface area contributed by atoms with Gasteiger partial charge >= 0.3 is 0 Å². The molecule has 0 atom stereocenters. The summed E-state index contributed by atoms with van der Waals surface area (Å²) in [6.45, 7) is 2.03. The summed E-state index contributed by atoms with van der Waals surface area (Å²) in [4.78, 5) is 0. The molecule has 17 heavy (non-hydrogen) atoms. The standard InChI is InChI=1S/C12H14BrN3O/c1-7-4-5-9(17-3)12(13)11(7)8-6-10(14)16(2)15-8/h4-6H,14H2,1-3H3. The highest BCUT2D eigenvalue weighted by Crippen LogP contribution is 2.37. The largest absolute Gasteiger partial charge is 0.496 e. The molecule has 0 radical (unpaired) electrons. The molecule has 1 aromatic carbocycles. The first kappa shape index (κ1) is 12.0. The van der Waals surface area contributed by atoms with E-state index < -0.39 is 0 Å². The maximum absolute atomic E-state index is 5.80. The number of benzene rings is 1. The van der Waals surface area contributed by atoms with Gasteiger partial charge in [0, 0.05) is 18.7 Å². The topological polar surface area (TPSA) is 53.1 Å². The van der Waals surface area contributed by atoms with E-state index in [1.54, 1.807) is 11.8 Å². The number of aryl methyl sites for hydroxylation is 2. The highest BCUT2D eigenvalue weighted by atomic mass is 79.9. The van der Waals surface area contributed by atoms with E-state index in [1.165, 1.54) is 0 Å². The summed E-state index contributed by atoms with van der Waals surface area (Å²) in [5, 5.41) is 4.38. The molecular formula is C12H14BrN3O. The smallest absolute Gasteiger partial charge is 0.133 e. The predicted octanol–water partition coefficient (Wildman–Crippen LogP) is 2.75. The third-order valence-electron chi connectivity index (χ3n) is 2.71. The Kier molecular flexibility index (Phi) is 3.11. The Balaban J connectivity index is 2.65. The number of aromatic nitrogens is 2. The van der Waals surface area contributed by atoms with Gasteiger partial charge in [0.1, 0.15) is 11.6 Å². The zero-order valence-corrected chi connectivity index (χ0v) is 11.6. The van der Waals surface area contributed by atoms with Crippen molar-refractivity contribution in [2.24, 2.45) is 7.05 Å². The van der Waals surface area contributed by atoms with E-state index in [-0.39, 0.29) is 0 Å². The number of methoxy groups -OCH3 is 1. The Labute approximate surface area is 109 Å². The highest BCUT2D eigenvalue weighted by Gasteiger charge is 2.14. The van der Waals surface area contributed by atoms with Gasteiger partial charge in [-0.3, -0.25) is 4.68 Å². The van der Waals surface area contributed by atoms with Crippen molar-refractivity contribution in [3.63, 3.8) is 0 Å². The van der Waals surface area contributed by atoms with E-state index in [4.69, 9.17) is 10.5 Å². The first-order valence-corrected chi connectivity index (χ1v) is 5.97. The van der Waals surface area contributed by atoms with Crippen LogP contribution < -0.4 is 10.5 Å². The molecule has 0 aliphatic carbocycles. The third-order valence-corrected chi connectivity index (χ3v) is 3.49. The second-order valence-electron chi connectivity index (χ2n) is 3.85. The van der Waals surface area contributed by atoms with Crippen LogP contribution in [-0.4, -0.2) is 16.9 Å². The molecule has 4 nitrogen and oxygen atoms in total. The summed E-state index contributed by atoms with van der Waals surface area (Å²) in [6, 6.07) is 5.78. The van der Waals surface area contributed by atoms with Gasteiger partial charge in [-0.25, -0.2) is 0 Å². The molecule has 5 heteroatoms. The highest BCUT2D eigenvalue weighted by molar-refractivity contribution is 9.10. The Morgan fingerprint density at radius 1 is 1.41 bits per heavy atom. The van der Waals surface area contributed by atoms with Gasteiger partial charge in [0.25, 0.3) is 0 Å². The van der Waals surface area contributed by atoms with Crippen LogP contribution in [0.2, 0.25) is 0 Å². The summed E-state index contributed by atoms with van der Waals surface area (Å²) in [5.74, 6) is 1.42. The number of hydrogen-bond donors (Lipinski definition) is 1. The molecule has 2 N–H and O–H groups in total. The number of halogens is 1. The molecule has 0 saturated heterocycles. The van der Waals surface area contributed by atoms with Gasteiger partial charge in [-0.15, -0.1) is 0 Å². The summed E-state index contributed by atoms with van der Waals surface area (Å²) >= 11 is 3.55. The summed E-state index contributed by atoms with van der Waals surface area (Å²) in [6.07, 6.45) is 0. The van der Waals surface area contributed by atoms with Gasteiger partial charge in [-0.2, -0.15) is 5.10 Å². The molecule has 90 valence electrons. The second kappa shape index (κ2) is 4.41. The minimum atomic E-state index is 0.633. The van der Waals surface area contributed by atoms with Crippen molar-refractivity contribution in [2.45, 2.75) is 6.92 Å². The zero-order valence-electron chi connectivity index (χ0n) is 9.99. The van der Waals surface area contributed by atoms with Crippen molar-refractivity contribution < 1.29 is 4.74 Å². The molecule has 0 aliphatic rings. The maximum Gasteiger partial charge on any atom is 0.133 e. The van der Waals surface area contributed by atoms with Crippen LogP contribution in [0.1, 0.15) is 5.56 Å². The second-order valence-corrected chi connectivity index (χ2v) is 4.64. The van der Waals surface area contributed by atoms with Gasteiger partial charge in [-0.1, -0.05) is 6.07 Å². The monoisotopic (exact) mass is 295 g/mol. The molecule has 0 fully saturated rings. The molecule has 0 bridgehead atoms. The lowest BCUT2D eigenvalue weighted by atomic mass is 10.1. The van der Waals surface area contributed by atoms with Crippen molar-refractivity contribution in [3.8, 4) is 17.0 Å². The fourth-order valence-corrected chi connectivity index (χ4v) is 2.54. The van der Waals surface area contributed by atoms with E-state index in [0.717, 1.165) is 27.0 Å². The number of hydrogen-bond acceptors (Lipinski definition) is 3. The maximum atomic E-state index is 5.80. The molecular weight excluding hydrogens is 282 g/mol. The molecule has 2 aromatic rings. The predicted molar refractivity (Wildman–Crippen MR) is 72.0 cm³/mol. The van der Waals surface area contributed by atoms with Crippen LogP contribution in [0.3, 0.4) is 0 Å². The van der Waals surface area contributed by atoms with Gasteiger partial charge in [-0.05, 0) is 34.5 Å². The lowest BCUT2D eigenvalue weighted by Gasteiger charge is -2.10. The van der Waals surface area contributed by atoms with Gasteiger partial charge in [0.05, 0.1) is 17.3 Å². The van der Waals surface area contributed by atoms with Crippen LogP contribution in [0, 0.1) is 6.92 Å². The van der Waals surface area contributed by atoms with Crippen molar-refractivity contribution in [1.29, 1.82) is 0 Å². The number of nitrogens with two attached hydrogens (primary N) is 1. The quantitative estimate of drug-likeness (QED) is 0.927. The van der Waals surface area contributed by atoms with Crippen LogP contribution in [0.5, 0.6) is 5.75 Å². The molecule has 1 aromatic heterocycles. The molecule has 1 heterocycles. The molecule has 2 rings (SSSR count). The number of rotatable bonds is 2. The summed E-state index contributed by atoms with van der Waals surface area (Å²) in [5.41, 5.74) is 8.78. The van der Waals surface area contributed by atoms with Gasteiger partial charge in [0.15, 0.2) is 0 Å². The van der Waals surface area contributed by atoms with Crippen LogP contribution in [-0.2, 0) is 7.05 Å². The number of anilines is 1. The lowest BCUT2D eigenvalue weighted by Crippen LogP contribution is -1.97. The van der Waals surface area contributed by atoms with Crippen molar-refractivity contribution in [1.82, 2.24) is 9.78 Å². The van der Waals surface area contributed by atoms with Crippen molar-refractivity contribution >= 4 is 21.7 Å². The molecule has 0 spiro atoms. The number of ether oxygens (including phenoxy) is 1. The Hall–Kier alpha value is -1.49. The number of nitrogen functional groups attached to an aromatic ring is 1. The average Bonchev–Trinajstić information content (AvgIpc) is 2.59. The first-order valence-electron chi connectivity index (χ1n) is 5.17. The van der Waals surface area contributed by atoms with E-state index >= 15 is 0 Å². The minimum absolute atomic E-state index is 0.633. The molecule has 0 unspecified atom stereocenters. The summed E-state index contributed by atoms with van der Waals surface area (Å²) < 4.78 is 7.84. The minimum Gasteiger partial charge on any atom is -0.496 e. The van der Waals surface area contributed by atoms with Gasteiger partial charge < -0.3 is 10.5 Å². The van der Waals surface area contributed by atoms with Gasteiger partial charge in [0.2, 0.25) is 0 Å². The Morgan fingerprint density at radius 2 is 2.12 bits per heavy atom. The number of nitrogens with zero attached hydrogens (tertiary/aromatic N) is 2.